The first-order chi connectivity index (χ1) is 10.5. The SMILES string of the molecule is CN=CC(=CN)C1[C@@H](C)c2ccccc2C(=O)N1CC(C)C. The number of nitrogens with zero attached hydrogens (tertiary/aromatic N) is 2. The van der Waals surface area contributed by atoms with Crippen LogP contribution in [0.15, 0.2) is 41.0 Å². The second-order valence-corrected chi connectivity index (χ2v) is 6.23. The van der Waals surface area contributed by atoms with Gasteiger partial charge in [-0.1, -0.05) is 39.0 Å². The van der Waals surface area contributed by atoms with E-state index in [-0.39, 0.29) is 17.9 Å². The van der Waals surface area contributed by atoms with Gasteiger partial charge in [-0.25, -0.2) is 0 Å². The molecule has 118 valence electrons. The van der Waals surface area contributed by atoms with Crippen molar-refractivity contribution in [2.45, 2.75) is 32.7 Å². The van der Waals surface area contributed by atoms with Crippen LogP contribution in [0.25, 0.3) is 0 Å². The summed E-state index contributed by atoms with van der Waals surface area (Å²) in [5.74, 6) is 0.651. The maximum atomic E-state index is 12.9. The molecule has 2 atom stereocenters. The van der Waals surface area contributed by atoms with Crippen molar-refractivity contribution < 1.29 is 4.79 Å². The summed E-state index contributed by atoms with van der Waals surface area (Å²) in [5.41, 5.74) is 8.59. The summed E-state index contributed by atoms with van der Waals surface area (Å²) in [7, 11) is 1.72. The quantitative estimate of drug-likeness (QED) is 0.869. The van der Waals surface area contributed by atoms with Crippen LogP contribution >= 0.6 is 0 Å². The minimum Gasteiger partial charge on any atom is -0.404 e. The van der Waals surface area contributed by atoms with E-state index >= 15 is 0 Å². The summed E-state index contributed by atoms with van der Waals surface area (Å²) < 4.78 is 0. The van der Waals surface area contributed by atoms with Gasteiger partial charge >= 0.3 is 0 Å². The third-order valence-electron chi connectivity index (χ3n) is 4.13. The maximum Gasteiger partial charge on any atom is 0.254 e. The number of nitrogens with two attached hydrogens (primary N) is 1. The monoisotopic (exact) mass is 299 g/mol. The molecule has 0 bridgehead atoms. The second kappa shape index (κ2) is 6.77. The Kier molecular flexibility index (Phi) is 5.01. The Morgan fingerprint density at radius 2 is 2.09 bits per heavy atom. The number of hydrogen-bond donors (Lipinski definition) is 1. The molecular weight excluding hydrogens is 274 g/mol. The number of rotatable bonds is 4. The lowest BCUT2D eigenvalue weighted by molar-refractivity contribution is 0.0634. The van der Waals surface area contributed by atoms with Gasteiger partial charge in [0, 0.05) is 43.1 Å². The van der Waals surface area contributed by atoms with Crippen LogP contribution in [-0.4, -0.2) is 36.7 Å². The van der Waals surface area contributed by atoms with E-state index in [1.54, 1.807) is 19.5 Å². The number of aliphatic imine (C=N–C) groups is 1. The van der Waals surface area contributed by atoms with Gasteiger partial charge < -0.3 is 10.6 Å². The van der Waals surface area contributed by atoms with Gasteiger partial charge in [0.05, 0.1) is 6.04 Å². The first kappa shape index (κ1) is 16.3. The van der Waals surface area contributed by atoms with Crippen molar-refractivity contribution >= 4 is 12.1 Å². The van der Waals surface area contributed by atoms with Crippen LogP contribution in [0.2, 0.25) is 0 Å². The second-order valence-electron chi connectivity index (χ2n) is 6.23. The molecule has 1 aliphatic heterocycles. The molecule has 1 heterocycles. The highest BCUT2D eigenvalue weighted by molar-refractivity contribution is 5.99. The molecule has 2 N–H and O–H groups in total. The van der Waals surface area contributed by atoms with E-state index in [0.29, 0.717) is 12.5 Å². The highest BCUT2D eigenvalue weighted by Crippen LogP contribution is 2.36. The molecule has 0 fully saturated rings. The molecule has 0 radical (unpaired) electrons. The van der Waals surface area contributed by atoms with Crippen LogP contribution < -0.4 is 5.73 Å². The zero-order chi connectivity index (χ0) is 16.3. The number of carbonyl (C=O) groups is 1. The minimum absolute atomic E-state index is 0.0708. The highest BCUT2D eigenvalue weighted by atomic mass is 16.2. The molecule has 0 saturated heterocycles. The van der Waals surface area contributed by atoms with E-state index < -0.39 is 0 Å². The Hall–Kier alpha value is -2.10. The number of hydrogen-bond acceptors (Lipinski definition) is 3. The van der Waals surface area contributed by atoms with Gasteiger partial charge in [-0.2, -0.15) is 0 Å². The van der Waals surface area contributed by atoms with Crippen molar-refractivity contribution in [2.75, 3.05) is 13.6 Å². The lowest BCUT2D eigenvalue weighted by Crippen LogP contribution is -2.50. The van der Waals surface area contributed by atoms with Crippen molar-refractivity contribution in [2.24, 2.45) is 16.6 Å². The van der Waals surface area contributed by atoms with Crippen molar-refractivity contribution in [3.63, 3.8) is 0 Å². The van der Waals surface area contributed by atoms with Crippen LogP contribution in [0.3, 0.4) is 0 Å². The van der Waals surface area contributed by atoms with Crippen molar-refractivity contribution in [3.8, 4) is 0 Å². The summed E-state index contributed by atoms with van der Waals surface area (Å²) in [6, 6.07) is 7.78. The Morgan fingerprint density at radius 1 is 1.41 bits per heavy atom. The van der Waals surface area contributed by atoms with Crippen LogP contribution in [0.5, 0.6) is 0 Å². The molecule has 1 amide bonds. The molecule has 0 aliphatic carbocycles. The molecule has 0 saturated carbocycles. The Balaban J connectivity index is 2.55. The fourth-order valence-electron chi connectivity index (χ4n) is 3.24. The van der Waals surface area contributed by atoms with E-state index in [4.69, 9.17) is 5.73 Å². The van der Waals surface area contributed by atoms with Gasteiger partial charge in [0.25, 0.3) is 5.91 Å². The minimum atomic E-state index is -0.0708. The van der Waals surface area contributed by atoms with Gasteiger partial charge in [-0.15, -0.1) is 0 Å². The third-order valence-corrected chi connectivity index (χ3v) is 4.13. The van der Waals surface area contributed by atoms with E-state index in [9.17, 15) is 4.79 Å². The topological polar surface area (TPSA) is 58.7 Å². The standard InChI is InChI=1S/C18H25N3O/c1-12(2)11-21-17(14(9-19)10-20-4)13(3)15-7-5-6-8-16(15)18(21)22/h5-10,12-13,17H,11,19H2,1-4H3/t13-,17?/m0/s1. The molecular formula is C18H25N3O. The molecule has 2 rings (SSSR count). The van der Waals surface area contributed by atoms with Crippen molar-refractivity contribution in [1.29, 1.82) is 0 Å². The van der Waals surface area contributed by atoms with E-state index in [2.05, 4.69) is 25.8 Å². The molecule has 1 aromatic rings. The molecule has 0 aromatic heterocycles. The smallest absolute Gasteiger partial charge is 0.254 e. The zero-order valence-electron chi connectivity index (χ0n) is 13.8. The van der Waals surface area contributed by atoms with Gasteiger partial charge in [0.15, 0.2) is 0 Å². The summed E-state index contributed by atoms with van der Waals surface area (Å²) in [6.07, 6.45) is 3.33. The number of carbonyl (C=O) groups excluding carboxylic acids is 1. The van der Waals surface area contributed by atoms with Gasteiger partial charge in [-0.05, 0) is 17.5 Å². The Labute approximate surface area is 132 Å². The number of amides is 1. The zero-order valence-corrected chi connectivity index (χ0v) is 13.8. The molecule has 1 aliphatic rings. The summed E-state index contributed by atoms with van der Waals surface area (Å²) >= 11 is 0. The van der Waals surface area contributed by atoms with E-state index in [1.807, 2.05) is 29.2 Å². The maximum absolute atomic E-state index is 12.9. The molecule has 0 spiro atoms. The van der Waals surface area contributed by atoms with Crippen molar-refractivity contribution in [3.05, 3.63) is 47.2 Å². The average Bonchev–Trinajstić information content (AvgIpc) is 2.51. The van der Waals surface area contributed by atoms with Gasteiger partial charge in [0.2, 0.25) is 0 Å². The fourth-order valence-corrected chi connectivity index (χ4v) is 3.24. The summed E-state index contributed by atoms with van der Waals surface area (Å²) in [5, 5.41) is 0. The molecule has 22 heavy (non-hydrogen) atoms. The average molecular weight is 299 g/mol. The van der Waals surface area contributed by atoms with Crippen LogP contribution in [0.1, 0.15) is 42.6 Å². The Bertz CT molecular complexity index is 604. The van der Waals surface area contributed by atoms with Crippen LogP contribution in [0, 0.1) is 5.92 Å². The number of benzene rings is 1. The molecule has 4 nitrogen and oxygen atoms in total. The Morgan fingerprint density at radius 3 is 2.68 bits per heavy atom. The third kappa shape index (κ3) is 2.91. The lowest BCUT2D eigenvalue weighted by atomic mass is 9.80. The van der Waals surface area contributed by atoms with Gasteiger partial charge in [-0.3, -0.25) is 9.79 Å². The molecule has 1 aromatic carbocycles. The summed E-state index contributed by atoms with van der Waals surface area (Å²) in [6.45, 7) is 7.10. The highest BCUT2D eigenvalue weighted by Gasteiger charge is 2.38. The fraction of sp³-hybridized carbons (Fsp3) is 0.444. The van der Waals surface area contributed by atoms with E-state index in [0.717, 1.165) is 16.7 Å². The number of fused-ring (bicyclic) bond motifs is 1. The van der Waals surface area contributed by atoms with Gasteiger partial charge in [0.1, 0.15) is 0 Å². The predicted molar refractivity (Wildman–Crippen MR) is 91.2 cm³/mol. The summed E-state index contributed by atoms with van der Waals surface area (Å²) in [4.78, 5) is 19.0. The molecule has 4 heteroatoms. The lowest BCUT2D eigenvalue weighted by Gasteiger charge is -2.42. The largest absolute Gasteiger partial charge is 0.404 e. The molecule has 1 unspecified atom stereocenters. The van der Waals surface area contributed by atoms with Crippen molar-refractivity contribution in [1.82, 2.24) is 4.90 Å². The predicted octanol–water partition coefficient (Wildman–Crippen LogP) is 2.81. The van der Waals surface area contributed by atoms with Crippen LogP contribution in [-0.2, 0) is 0 Å². The first-order valence-corrected chi connectivity index (χ1v) is 7.75. The normalized spacial score (nSPS) is 22.5. The van der Waals surface area contributed by atoms with Crippen LogP contribution in [0.4, 0.5) is 0 Å². The van der Waals surface area contributed by atoms with E-state index in [1.165, 1.54) is 0 Å². The first-order valence-electron chi connectivity index (χ1n) is 7.75.